The molecule has 0 aliphatic carbocycles. The van der Waals surface area contributed by atoms with E-state index in [1.807, 2.05) is 20.8 Å². The van der Waals surface area contributed by atoms with E-state index >= 15 is 0 Å². The van der Waals surface area contributed by atoms with Crippen LogP contribution >= 0.6 is 0 Å². The van der Waals surface area contributed by atoms with Crippen molar-refractivity contribution in [2.75, 3.05) is 17.8 Å². The van der Waals surface area contributed by atoms with Gasteiger partial charge in [-0.3, -0.25) is 9.52 Å². The third kappa shape index (κ3) is 3.82. The van der Waals surface area contributed by atoms with E-state index < -0.39 is 10.0 Å². The number of aromatic nitrogens is 1. The first-order valence-electron chi connectivity index (χ1n) is 9.25. The number of carbonyl (C=O) groups is 1. The average Bonchev–Trinajstić information content (AvgIpc) is 3.16. The zero-order valence-electron chi connectivity index (χ0n) is 16.5. The molecule has 3 aromatic rings. The van der Waals surface area contributed by atoms with Crippen molar-refractivity contribution in [1.82, 2.24) is 9.88 Å². The number of sulfonamides is 1. The molecule has 0 spiro atoms. The van der Waals surface area contributed by atoms with Crippen LogP contribution in [0.4, 0.5) is 5.69 Å². The first-order chi connectivity index (χ1) is 13.8. The molecule has 150 valence electrons. The normalized spacial score (nSPS) is 11.2. The number of nitriles is 1. The number of amides is 1. The number of nitrogens with one attached hydrogen (secondary N) is 2. The van der Waals surface area contributed by atoms with E-state index in [0.717, 1.165) is 5.56 Å². The Hall–Kier alpha value is -3.31. The number of nitrogens with zero attached hydrogens (tertiary/aromatic N) is 2. The van der Waals surface area contributed by atoms with E-state index in [2.05, 4.69) is 15.8 Å². The minimum Gasteiger partial charge on any atom is -0.358 e. The molecule has 1 aromatic heterocycles. The van der Waals surface area contributed by atoms with Crippen molar-refractivity contribution in [3.8, 4) is 6.07 Å². The minimum absolute atomic E-state index is 0.00343. The number of rotatable bonds is 6. The number of aromatic amines is 1. The fourth-order valence-electron chi connectivity index (χ4n) is 3.29. The largest absolute Gasteiger partial charge is 0.358 e. The highest BCUT2D eigenvalue weighted by Gasteiger charge is 2.20. The number of hydrogen-bond acceptors (Lipinski definition) is 4. The molecule has 0 aliphatic rings. The Morgan fingerprint density at radius 2 is 1.93 bits per heavy atom. The third-order valence-corrected chi connectivity index (χ3v) is 6.21. The molecule has 1 amide bonds. The molecule has 1 heterocycles. The number of benzene rings is 2. The van der Waals surface area contributed by atoms with Gasteiger partial charge in [0.1, 0.15) is 6.07 Å². The van der Waals surface area contributed by atoms with Crippen molar-refractivity contribution < 1.29 is 13.2 Å². The Bertz CT molecular complexity index is 1220. The van der Waals surface area contributed by atoms with Gasteiger partial charge in [0, 0.05) is 30.2 Å². The van der Waals surface area contributed by atoms with Crippen molar-refractivity contribution >= 4 is 32.5 Å². The third-order valence-electron chi connectivity index (χ3n) is 4.85. The predicted octanol–water partition coefficient (Wildman–Crippen LogP) is 3.63. The summed E-state index contributed by atoms with van der Waals surface area (Å²) in [5, 5.41) is 9.95. The highest BCUT2D eigenvalue weighted by atomic mass is 32.2. The Balaban J connectivity index is 2.00. The maximum absolute atomic E-state index is 13.0. The summed E-state index contributed by atoms with van der Waals surface area (Å²) in [5.74, 6) is -0.215. The summed E-state index contributed by atoms with van der Waals surface area (Å²) >= 11 is 0. The number of H-pyrrole nitrogens is 1. The SMILES string of the molecule is CCN(CC)C(=O)c1cccc(S(=O)(=O)Nc2ccc(C)c3c(C#N)c[nH]c23)c1. The van der Waals surface area contributed by atoms with Crippen LogP contribution in [0, 0.1) is 18.3 Å². The topological polar surface area (TPSA) is 106 Å². The molecular weight excluding hydrogens is 388 g/mol. The molecule has 7 nitrogen and oxygen atoms in total. The molecule has 8 heteroatoms. The van der Waals surface area contributed by atoms with Gasteiger partial charge in [-0.15, -0.1) is 0 Å². The van der Waals surface area contributed by atoms with Crippen molar-refractivity contribution in [3.05, 3.63) is 59.3 Å². The predicted molar refractivity (Wildman–Crippen MR) is 112 cm³/mol. The van der Waals surface area contributed by atoms with Gasteiger partial charge in [-0.25, -0.2) is 8.42 Å². The van der Waals surface area contributed by atoms with Crippen LogP contribution in [-0.2, 0) is 10.0 Å². The maximum atomic E-state index is 13.0. The first kappa shape index (κ1) is 20.4. The zero-order valence-corrected chi connectivity index (χ0v) is 17.3. The zero-order chi connectivity index (χ0) is 21.2. The molecule has 0 bridgehead atoms. The molecular formula is C21H22N4O3S. The van der Waals surface area contributed by atoms with Crippen LogP contribution in [0.1, 0.15) is 35.3 Å². The molecule has 0 unspecified atom stereocenters. The van der Waals surface area contributed by atoms with Gasteiger partial charge in [-0.2, -0.15) is 5.26 Å². The van der Waals surface area contributed by atoms with Gasteiger partial charge in [-0.05, 0) is 50.6 Å². The van der Waals surface area contributed by atoms with Gasteiger partial charge in [0.05, 0.1) is 21.7 Å². The Morgan fingerprint density at radius 3 is 2.59 bits per heavy atom. The Kier molecular flexibility index (Phi) is 5.62. The lowest BCUT2D eigenvalue weighted by atomic mass is 10.1. The van der Waals surface area contributed by atoms with E-state index in [-0.39, 0.29) is 10.8 Å². The number of carbonyl (C=O) groups excluding carboxylic acids is 1. The van der Waals surface area contributed by atoms with Gasteiger partial charge in [0.25, 0.3) is 15.9 Å². The summed E-state index contributed by atoms with van der Waals surface area (Å²) < 4.78 is 28.5. The summed E-state index contributed by atoms with van der Waals surface area (Å²) in [6.45, 7) is 6.69. The fraction of sp³-hybridized carbons (Fsp3) is 0.238. The molecule has 29 heavy (non-hydrogen) atoms. The van der Waals surface area contributed by atoms with Crippen LogP contribution < -0.4 is 4.72 Å². The maximum Gasteiger partial charge on any atom is 0.261 e. The summed E-state index contributed by atoms with van der Waals surface area (Å²) in [4.78, 5) is 17.2. The van der Waals surface area contributed by atoms with Crippen LogP contribution in [0.3, 0.4) is 0 Å². The molecule has 2 aromatic carbocycles. The lowest BCUT2D eigenvalue weighted by Crippen LogP contribution is -2.30. The van der Waals surface area contributed by atoms with E-state index in [9.17, 15) is 18.5 Å². The standard InChI is InChI=1S/C21H22N4O3S/c1-4-25(5-2)21(26)15-7-6-8-17(11-15)29(27,28)24-18-10-9-14(3)19-16(12-22)13-23-20(18)19/h6-11,13,23-24H,4-5H2,1-3H3. The van der Waals surface area contributed by atoms with Gasteiger partial charge >= 0.3 is 0 Å². The monoisotopic (exact) mass is 410 g/mol. The van der Waals surface area contributed by atoms with Gasteiger partial charge < -0.3 is 9.88 Å². The second-order valence-electron chi connectivity index (χ2n) is 6.60. The Morgan fingerprint density at radius 1 is 1.21 bits per heavy atom. The molecule has 3 rings (SSSR count). The van der Waals surface area contributed by atoms with E-state index in [1.54, 1.807) is 35.4 Å². The van der Waals surface area contributed by atoms with Crippen molar-refractivity contribution in [1.29, 1.82) is 5.26 Å². The van der Waals surface area contributed by atoms with Crippen LogP contribution in [-0.4, -0.2) is 37.3 Å². The average molecular weight is 410 g/mol. The molecule has 0 aliphatic heterocycles. The number of fused-ring (bicyclic) bond motifs is 1. The van der Waals surface area contributed by atoms with E-state index in [4.69, 9.17) is 0 Å². The summed E-state index contributed by atoms with van der Waals surface area (Å²) in [6, 6.07) is 11.5. The van der Waals surface area contributed by atoms with Gasteiger partial charge in [-0.1, -0.05) is 12.1 Å². The Labute approximate surface area is 170 Å². The number of hydrogen-bond donors (Lipinski definition) is 2. The summed E-state index contributed by atoms with van der Waals surface area (Å²) in [7, 11) is -3.93. The van der Waals surface area contributed by atoms with Crippen molar-refractivity contribution in [2.45, 2.75) is 25.7 Å². The second-order valence-corrected chi connectivity index (χ2v) is 8.29. The molecule has 0 fully saturated rings. The van der Waals surface area contributed by atoms with Crippen LogP contribution in [0.15, 0.2) is 47.5 Å². The van der Waals surface area contributed by atoms with Crippen LogP contribution in [0.25, 0.3) is 10.9 Å². The lowest BCUT2D eigenvalue weighted by Gasteiger charge is -2.19. The summed E-state index contributed by atoms with van der Waals surface area (Å²) in [6.07, 6.45) is 1.55. The van der Waals surface area contributed by atoms with Crippen molar-refractivity contribution in [3.63, 3.8) is 0 Å². The quantitative estimate of drug-likeness (QED) is 0.647. The minimum atomic E-state index is -3.93. The fourth-order valence-corrected chi connectivity index (χ4v) is 4.40. The van der Waals surface area contributed by atoms with E-state index in [1.165, 1.54) is 12.1 Å². The smallest absolute Gasteiger partial charge is 0.261 e. The first-order valence-corrected chi connectivity index (χ1v) is 10.7. The van der Waals surface area contributed by atoms with Gasteiger partial charge in [0.2, 0.25) is 0 Å². The molecule has 0 saturated heterocycles. The molecule has 0 radical (unpaired) electrons. The highest BCUT2D eigenvalue weighted by molar-refractivity contribution is 7.92. The lowest BCUT2D eigenvalue weighted by molar-refractivity contribution is 0.0772. The highest BCUT2D eigenvalue weighted by Crippen LogP contribution is 2.30. The van der Waals surface area contributed by atoms with Crippen LogP contribution in [0.2, 0.25) is 0 Å². The molecule has 0 atom stereocenters. The van der Waals surface area contributed by atoms with Gasteiger partial charge in [0.15, 0.2) is 0 Å². The van der Waals surface area contributed by atoms with Crippen molar-refractivity contribution in [2.24, 2.45) is 0 Å². The molecule has 2 N–H and O–H groups in total. The number of aryl methyl sites for hydroxylation is 1. The number of anilines is 1. The molecule has 0 saturated carbocycles. The summed E-state index contributed by atoms with van der Waals surface area (Å²) in [5.41, 5.74) is 2.52. The van der Waals surface area contributed by atoms with Crippen LogP contribution in [0.5, 0.6) is 0 Å². The van der Waals surface area contributed by atoms with E-state index in [0.29, 0.717) is 40.8 Å². The second kappa shape index (κ2) is 7.97.